The molecule has 3 aromatic rings. The van der Waals surface area contributed by atoms with Crippen molar-refractivity contribution in [3.05, 3.63) is 58.8 Å². The maximum Gasteiger partial charge on any atom is 0.471 e. The number of hydrogen-bond donors (Lipinski definition) is 0. The number of carbonyl (C=O) groups excluding carboxylic acids is 1. The van der Waals surface area contributed by atoms with Crippen LogP contribution in [0.2, 0.25) is 5.02 Å². The summed E-state index contributed by atoms with van der Waals surface area (Å²) in [6, 6.07) is 12.5. The van der Waals surface area contributed by atoms with Gasteiger partial charge in [0.2, 0.25) is 0 Å². The zero-order valence-corrected chi connectivity index (χ0v) is 16.6. The summed E-state index contributed by atoms with van der Waals surface area (Å²) >= 11 is 6.36. The van der Waals surface area contributed by atoms with Gasteiger partial charge in [-0.05, 0) is 25.1 Å². The highest BCUT2D eigenvalue weighted by atomic mass is 35.5. The van der Waals surface area contributed by atoms with Crippen molar-refractivity contribution in [3.8, 4) is 11.1 Å². The van der Waals surface area contributed by atoms with Crippen molar-refractivity contribution in [2.24, 2.45) is 0 Å². The van der Waals surface area contributed by atoms with Gasteiger partial charge in [0.05, 0.1) is 13.2 Å². The zero-order chi connectivity index (χ0) is 21.2. The maximum absolute atomic E-state index is 13.1. The van der Waals surface area contributed by atoms with Gasteiger partial charge in [-0.3, -0.25) is 4.79 Å². The molecule has 0 unspecified atom stereocenters. The van der Waals surface area contributed by atoms with Crippen molar-refractivity contribution in [2.75, 3.05) is 20.3 Å². The molecular weight excluding hydrogens is 407 g/mol. The predicted molar refractivity (Wildman–Crippen MR) is 105 cm³/mol. The summed E-state index contributed by atoms with van der Waals surface area (Å²) in [4.78, 5) is 12.6. The minimum Gasteiger partial charge on any atom is -0.459 e. The molecule has 4 nitrogen and oxygen atoms in total. The standard InChI is InChI=1S/C21H19ClF3NO3/c1-13-7-8-17-15(11-13)19(14-5-3-4-6-16(14)22)18(29-17)12-26(9-10-28-2)20(27)21(23,24)25/h3-8,11H,9-10,12H2,1-2H3. The molecule has 0 N–H and O–H groups in total. The lowest BCUT2D eigenvalue weighted by molar-refractivity contribution is -0.186. The first-order chi connectivity index (χ1) is 13.7. The van der Waals surface area contributed by atoms with Crippen molar-refractivity contribution in [3.63, 3.8) is 0 Å². The number of rotatable bonds is 6. The van der Waals surface area contributed by atoms with E-state index in [1.807, 2.05) is 19.1 Å². The lowest BCUT2D eigenvalue weighted by Gasteiger charge is -2.23. The van der Waals surface area contributed by atoms with Crippen LogP contribution in [0.3, 0.4) is 0 Å². The molecule has 2 aromatic carbocycles. The fraction of sp³-hybridized carbons (Fsp3) is 0.286. The van der Waals surface area contributed by atoms with E-state index >= 15 is 0 Å². The zero-order valence-electron chi connectivity index (χ0n) is 15.8. The Bertz CT molecular complexity index is 1030. The minimum atomic E-state index is -5.00. The van der Waals surface area contributed by atoms with Crippen LogP contribution in [-0.4, -0.2) is 37.2 Å². The second kappa shape index (κ2) is 8.47. The van der Waals surface area contributed by atoms with E-state index in [0.29, 0.717) is 26.6 Å². The molecule has 1 heterocycles. The van der Waals surface area contributed by atoms with Gasteiger partial charge >= 0.3 is 12.1 Å². The van der Waals surface area contributed by atoms with Crippen LogP contribution in [0.4, 0.5) is 13.2 Å². The van der Waals surface area contributed by atoms with E-state index in [1.54, 1.807) is 30.3 Å². The molecule has 1 amide bonds. The SMILES string of the molecule is COCCN(Cc1oc2ccc(C)cc2c1-c1ccccc1Cl)C(=O)C(F)(F)F. The van der Waals surface area contributed by atoms with Crippen molar-refractivity contribution in [2.45, 2.75) is 19.6 Å². The van der Waals surface area contributed by atoms with E-state index < -0.39 is 12.1 Å². The van der Waals surface area contributed by atoms with E-state index in [-0.39, 0.29) is 25.5 Å². The summed E-state index contributed by atoms with van der Waals surface area (Å²) in [5.41, 5.74) is 2.67. The number of furan rings is 1. The summed E-state index contributed by atoms with van der Waals surface area (Å²) in [6.45, 7) is 1.27. The lowest BCUT2D eigenvalue weighted by Crippen LogP contribution is -2.42. The third-order valence-corrected chi connectivity index (χ3v) is 4.82. The van der Waals surface area contributed by atoms with E-state index in [4.69, 9.17) is 20.8 Å². The van der Waals surface area contributed by atoms with Gasteiger partial charge in [-0.25, -0.2) is 0 Å². The normalized spacial score (nSPS) is 11.8. The Morgan fingerprint density at radius 3 is 2.59 bits per heavy atom. The van der Waals surface area contributed by atoms with Crippen molar-refractivity contribution in [1.29, 1.82) is 0 Å². The molecule has 154 valence electrons. The van der Waals surface area contributed by atoms with Crippen LogP contribution in [0.5, 0.6) is 0 Å². The molecule has 0 saturated carbocycles. The van der Waals surface area contributed by atoms with Gasteiger partial charge in [0.15, 0.2) is 0 Å². The van der Waals surface area contributed by atoms with Gasteiger partial charge < -0.3 is 14.1 Å². The summed E-state index contributed by atoms with van der Waals surface area (Å²) in [6.07, 6.45) is -5.00. The number of aryl methyl sites for hydroxylation is 1. The van der Waals surface area contributed by atoms with Crippen molar-refractivity contribution >= 4 is 28.5 Å². The fourth-order valence-corrected chi connectivity index (χ4v) is 3.37. The first-order valence-corrected chi connectivity index (χ1v) is 9.22. The topological polar surface area (TPSA) is 42.7 Å². The monoisotopic (exact) mass is 425 g/mol. The molecule has 1 aromatic heterocycles. The molecule has 0 atom stereocenters. The lowest BCUT2D eigenvalue weighted by atomic mass is 10.0. The number of carbonyl (C=O) groups is 1. The molecule has 0 spiro atoms. The summed E-state index contributed by atoms with van der Waals surface area (Å²) in [5.74, 6) is -1.72. The van der Waals surface area contributed by atoms with Crippen LogP contribution in [-0.2, 0) is 16.1 Å². The number of fused-ring (bicyclic) bond motifs is 1. The third-order valence-electron chi connectivity index (χ3n) is 4.49. The van der Waals surface area contributed by atoms with Crippen LogP contribution < -0.4 is 0 Å². The summed E-state index contributed by atoms with van der Waals surface area (Å²) in [7, 11) is 1.36. The average Bonchev–Trinajstić information content (AvgIpc) is 3.01. The van der Waals surface area contributed by atoms with Gasteiger partial charge in [0.25, 0.3) is 0 Å². The summed E-state index contributed by atoms with van der Waals surface area (Å²) < 4.78 is 50.0. The number of ether oxygens (including phenoxy) is 1. The Hall–Kier alpha value is -2.51. The molecule has 0 aliphatic heterocycles. The van der Waals surface area contributed by atoms with Gasteiger partial charge in [-0.2, -0.15) is 13.2 Å². The molecule has 29 heavy (non-hydrogen) atoms. The molecule has 3 rings (SSSR count). The molecule has 0 radical (unpaired) electrons. The highest BCUT2D eigenvalue weighted by molar-refractivity contribution is 6.33. The smallest absolute Gasteiger partial charge is 0.459 e. The molecular formula is C21H19ClF3NO3. The van der Waals surface area contributed by atoms with Crippen LogP contribution in [0.1, 0.15) is 11.3 Å². The Balaban J connectivity index is 2.14. The number of hydrogen-bond acceptors (Lipinski definition) is 3. The number of methoxy groups -OCH3 is 1. The Morgan fingerprint density at radius 2 is 1.93 bits per heavy atom. The fourth-order valence-electron chi connectivity index (χ4n) is 3.14. The number of benzene rings is 2. The third kappa shape index (κ3) is 4.57. The maximum atomic E-state index is 13.1. The Morgan fingerprint density at radius 1 is 1.21 bits per heavy atom. The average molecular weight is 426 g/mol. The first kappa shape index (κ1) is 21.2. The highest BCUT2D eigenvalue weighted by Crippen LogP contribution is 2.39. The quantitative estimate of drug-likeness (QED) is 0.516. The number of nitrogens with zero attached hydrogens (tertiary/aromatic N) is 1. The van der Waals surface area contributed by atoms with Crippen LogP contribution >= 0.6 is 11.6 Å². The van der Waals surface area contributed by atoms with Crippen molar-refractivity contribution in [1.82, 2.24) is 4.90 Å². The van der Waals surface area contributed by atoms with Gasteiger partial charge in [-0.1, -0.05) is 41.4 Å². The van der Waals surface area contributed by atoms with Gasteiger partial charge in [-0.15, -0.1) is 0 Å². The number of halogens is 4. The largest absolute Gasteiger partial charge is 0.471 e. The molecule has 8 heteroatoms. The molecule has 0 aliphatic rings. The van der Waals surface area contributed by atoms with Crippen LogP contribution in [0.15, 0.2) is 46.9 Å². The molecule has 0 aliphatic carbocycles. The molecule has 0 bridgehead atoms. The van der Waals surface area contributed by atoms with E-state index in [2.05, 4.69) is 0 Å². The predicted octanol–water partition coefficient (Wildman–Crippen LogP) is 5.60. The van der Waals surface area contributed by atoms with Crippen LogP contribution in [0, 0.1) is 6.92 Å². The molecule has 0 saturated heterocycles. The first-order valence-electron chi connectivity index (χ1n) is 8.84. The number of amides is 1. The minimum absolute atomic E-state index is 0.0391. The second-order valence-corrected chi connectivity index (χ2v) is 7.00. The van der Waals surface area contributed by atoms with Crippen LogP contribution in [0.25, 0.3) is 22.1 Å². The van der Waals surface area contributed by atoms with E-state index in [0.717, 1.165) is 10.9 Å². The van der Waals surface area contributed by atoms with E-state index in [9.17, 15) is 18.0 Å². The number of alkyl halides is 3. The second-order valence-electron chi connectivity index (χ2n) is 6.60. The molecule has 0 fully saturated rings. The van der Waals surface area contributed by atoms with Gasteiger partial charge in [0, 0.05) is 35.2 Å². The highest BCUT2D eigenvalue weighted by Gasteiger charge is 2.42. The summed E-state index contributed by atoms with van der Waals surface area (Å²) in [5, 5.41) is 1.16. The van der Waals surface area contributed by atoms with Crippen molar-refractivity contribution < 1.29 is 27.1 Å². The van der Waals surface area contributed by atoms with Gasteiger partial charge in [0.1, 0.15) is 11.3 Å². The van der Waals surface area contributed by atoms with E-state index in [1.165, 1.54) is 7.11 Å². The Kier molecular flexibility index (Phi) is 6.19. The Labute approximate surface area is 170 Å².